The topological polar surface area (TPSA) is 50.6 Å². The summed E-state index contributed by atoms with van der Waals surface area (Å²) in [6.07, 6.45) is 1.72. The van der Waals surface area contributed by atoms with E-state index in [1.54, 1.807) is 46.1 Å². The summed E-state index contributed by atoms with van der Waals surface area (Å²) in [4.78, 5) is 16.8. The maximum Gasteiger partial charge on any atom is 0.274 e. The minimum Gasteiger partial charge on any atom is -0.471 e. The van der Waals surface area contributed by atoms with Gasteiger partial charge in [-0.1, -0.05) is 29.8 Å². The first-order valence-corrected chi connectivity index (χ1v) is 10.1. The highest BCUT2D eigenvalue weighted by Gasteiger charge is 2.23. The number of carbonyl (C=O) groups excluding carboxylic acids is 1. The van der Waals surface area contributed by atoms with Gasteiger partial charge in [-0.15, -0.1) is 0 Å². The van der Waals surface area contributed by atoms with E-state index in [-0.39, 0.29) is 18.5 Å². The Bertz CT molecular complexity index is 1020. The van der Waals surface area contributed by atoms with Crippen LogP contribution in [0.25, 0.3) is 0 Å². The molecule has 1 aromatic heterocycles. The van der Waals surface area contributed by atoms with Gasteiger partial charge in [0.05, 0.1) is 0 Å². The SMILES string of the molecule is O=C(c1ccn(COc2cccc(Cl)c2)n1)N1CCN(Cc2cccc(F)c2)CC1. The molecule has 0 bridgehead atoms. The number of halogens is 2. The summed E-state index contributed by atoms with van der Waals surface area (Å²) in [5.41, 5.74) is 1.33. The lowest BCUT2D eigenvalue weighted by atomic mass is 10.2. The number of benzene rings is 2. The molecule has 0 spiro atoms. The maximum atomic E-state index is 13.4. The van der Waals surface area contributed by atoms with E-state index in [2.05, 4.69) is 10.00 Å². The van der Waals surface area contributed by atoms with Crippen LogP contribution in [0.3, 0.4) is 0 Å². The number of rotatable bonds is 6. The first-order valence-electron chi connectivity index (χ1n) is 9.75. The summed E-state index contributed by atoms with van der Waals surface area (Å²) in [6, 6.07) is 15.4. The quantitative estimate of drug-likeness (QED) is 0.601. The molecule has 0 saturated carbocycles. The summed E-state index contributed by atoms with van der Waals surface area (Å²) in [7, 11) is 0. The Balaban J connectivity index is 1.28. The van der Waals surface area contributed by atoms with E-state index in [1.165, 1.54) is 6.07 Å². The second-order valence-corrected chi connectivity index (χ2v) is 7.61. The van der Waals surface area contributed by atoms with Crippen molar-refractivity contribution in [2.24, 2.45) is 0 Å². The van der Waals surface area contributed by atoms with E-state index in [0.29, 0.717) is 36.1 Å². The number of ether oxygens (including phenoxy) is 1. The van der Waals surface area contributed by atoms with Crippen LogP contribution in [-0.2, 0) is 13.3 Å². The standard InChI is InChI=1S/C22H22ClFN4O2/c23-18-4-2-6-20(14-18)30-16-28-8-7-21(25-28)22(29)27-11-9-26(10-12-27)15-17-3-1-5-19(24)13-17/h1-8,13-14H,9-12,15-16H2. The second kappa shape index (κ2) is 9.28. The van der Waals surface area contributed by atoms with Crippen molar-refractivity contribution in [2.75, 3.05) is 26.2 Å². The van der Waals surface area contributed by atoms with Gasteiger partial charge >= 0.3 is 0 Å². The van der Waals surface area contributed by atoms with Crippen molar-refractivity contribution in [1.82, 2.24) is 19.6 Å². The number of amides is 1. The van der Waals surface area contributed by atoms with Gasteiger partial charge in [-0.3, -0.25) is 9.69 Å². The van der Waals surface area contributed by atoms with Crippen LogP contribution >= 0.6 is 11.6 Å². The molecular formula is C22H22ClFN4O2. The molecule has 8 heteroatoms. The number of hydrogen-bond donors (Lipinski definition) is 0. The zero-order chi connectivity index (χ0) is 20.9. The van der Waals surface area contributed by atoms with Crippen molar-refractivity contribution < 1.29 is 13.9 Å². The molecule has 0 unspecified atom stereocenters. The van der Waals surface area contributed by atoms with Crippen molar-refractivity contribution in [3.05, 3.63) is 82.9 Å². The van der Waals surface area contributed by atoms with Gasteiger partial charge in [0.25, 0.3) is 5.91 Å². The highest BCUT2D eigenvalue weighted by atomic mass is 35.5. The van der Waals surface area contributed by atoms with E-state index in [4.69, 9.17) is 16.3 Å². The van der Waals surface area contributed by atoms with Crippen LogP contribution in [0.5, 0.6) is 5.75 Å². The Morgan fingerprint density at radius 2 is 1.87 bits per heavy atom. The average molecular weight is 429 g/mol. The molecule has 1 aliphatic rings. The first-order chi connectivity index (χ1) is 14.6. The van der Waals surface area contributed by atoms with Crippen LogP contribution < -0.4 is 4.74 Å². The molecule has 3 aromatic rings. The van der Waals surface area contributed by atoms with Gasteiger partial charge in [-0.25, -0.2) is 9.07 Å². The Morgan fingerprint density at radius 1 is 1.07 bits per heavy atom. The van der Waals surface area contributed by atoms with Crippen molar-refractivity contribution in [2.45, 2.75) is 13.3 Å². The predicted molar refractivity (Wildman–Crippen MR) is 112 cm³/mol. The van der Waals surface area contributed by atoms with Gasteiger partial charge in [0.15, 0.2) is 12.4 Å². The molecule has 0 atom stereocenters. The third kappa shape index (κ3) is 5.17. The molecule has 2 heterocycles. The van der Waals surface area contributed by atoms with Gasteiger partial charge in [0.2, 0.25) is 0 Å². The lowest BCUT2D eigenvalue weighted by molar-refractivity contribution is 0.0620. The highest BCUT2D eigenvalue weighted by Crippen LogP contribution is 2.17. The van der Waals surface area contributed by atoms with Crippen LogP contribution in [0.1, 0.15) is 16.1 Å². The molecule has 30 heavy (non-hydrogen) atoms. The van der Waals surface area contributed by atoms with Crippen molar-refractivity contribution >= 4 is 17.5 Å². The number of aromatic nitrogens is 2. The largest absolute Gasteiger partial charge is 0.471 e. The molecular weight excluding hydrogens is 407 g/mol. The molecule has 156 valence electrons. The minimum absolute atomic E-state index is 0.0955. The fraction of sp³-hybridized carbons (Fsp3) is 0.273. The molecule has 1 aliphatic heterocycles. The van der Waals surface area contributed by atoms with E-state index < -0.39 is 0 Å². The average Bonchev–Trinajstić information content (AvgIpc) is 3.22. The molecule has 1 saturated heterocycles. The lowest BCUT2D eigenvalue weighted by Crippen LogP contribution is -2.48. The number of hydrogen-bond acceptors (Lipinski definition) is 4. The Labute approximate surface area is 179 Å². The molecule has 0 radical (unpaired) electrons. The molecule has 1 fully saturated rings. The summed E-state index contributed by atoms with van der Waals surface area (Å²) < 4.78 is 20.6. The third-order valence-electron chi connectivity index (χ3n) is 4.97. The summed E-state index contributed by atoms with van der Waals surface area (Å²) in [5, 5.41) is 4.93. The van der Waals surface area contributed by atoms with Crippen LogP contribution in [-0.4, -0.2) is 51.7 Å². The zero-order valence-electron chi connectivity index (χ0n) is 16.4. The van der Waals surface area contributed by atoms with Crippen LogP contribution in [0.2, 0.25) is 5.02 Å². The smallest absolute Gasteiger partial charge is 0.274 e. The van der Waals surface area contributed by atoms with Crippen LogP contribution in [0, 0.1) is 5.82 Å². The van der Waals surface area contributed by atoms with Gasteiger partial charge in [0, 0.05) is 43.9 Å². The molecule has 0 N–H and O–H groups in total. The van der Waals surface area contributed by atoms with E-state index in [9.17, 15) is 9.18 Å². The Hall–Kier alpha value is -2.90. The van der Waals surface area contributed by atoms with Gasteiger partial charge < -0.3 is 9.64 Å². The third-order valence-corrected chi connectivity index (χ3v) is 5.21. The van der Waals surface area contributed by atoms with E-state index in [1.807, 2.05) is 18.2 Å². The lowest BCUT2D eigenvalue weighted by Gasteiger charge is -2.34. The zero-order valence-corrected chi connectivity index (χ0v) is 17.1. The molecule has 1 amide bonds. The number of piperazine rings is 1. The highest BCUT2D eigenvalue weighted by molar-refractivity contribution is 6.30. The Morgan fingerprint density at radius 3 is 2.63 bits per heavy atom. The molecule has 6 nitrogen and oxygen atoms in total. The Kier molecular flexibility index (Phi) is 6.30. The summed E-state index contributed by atoms with van der Waals surface area (Å²) in [6.45, 7) is 3.56. The monoisotopic (exact) mass is 428 g/mol. The molecule has 2 aromatic carbocycles. The fourth-order valence-corrected chi connectivity index (χ4v) is 3.59. The first kappa shape index (κ1) is 20.4. The van der Waals surface area contributed by atoms with Gasteiger partial charge in [-0.2, -0.15) is 5.10 Å². The number of nitrogens with zero attached hydrogens (tertiary/aromatic N) is 4. The van der Waals surface area contributed by atoms with Crippen LogP contribution in [0.4, 0.5) is 4.39 Å². The van der Waals surface area contributed by atoms with Crippen molar-refractivity contribution in [3.63, 3.8) is 0 Å². The van der Waals surface area contributed by atoms with E-state index in [0.717, 1.165) is 18.7 Å². The predicted octanol–water partition coefficient (Wildman–Crippen LogP) is 3.67. The number of carbonyl (C=O) groups is 1. The summed E-state index contributed by atoms with van der Waals surface area (Å²) in [5.74, 6) is 0.318. The molecule has 0 aliphatic carbocycles. The van der Waals surface area contributed by atoms with Gasteiger partial charge in [-0.05, 0) is 42.0 Å². The van der Waals surface area contributed by atoms with Gasteiger partial charge in [0.1, 0.15) is 11.6 Å². The minimum atomic E-state index is -0.226. The summed E-state index contributed by atoms with van der Waals surface area (Å²) >= 11 is 5.95. The normalized spacial score (nSPS) is 14.7. The fourth-order valence-electron chi connectivity index (χ4n) is 3.41. The van der Waals surface area contributed by atoms with Crippen molar-refractivity contribution in [3.8, 4) is 5.75 Å². The van der Waals surface area contributed by atoms with E-state index >= 15 is 0 Å². The maximum absolute atomic E-state index is 13.4. The molecule has 4 rings (SSSR count). The van der Waals surface area contributed by atoms with Crippen LogP contribution in [0.15, 0.2) is 60.8 Å². The second-order valence-electron chi connectivity index (χ2n) is 7.17. The van der Waals surface area contributed by atoms with Crippen molar-refractivity contribution in [1.29, 1.82) is 0 Å².